The van der Waals surface area contributed by atoms with Crippen molar-refractivity contribution in [1.82, 2.24) is 10.6 Å². The number of ether oxygens (including phenoxy) is 2. The second-order valence-corrected chi connectivity index (χ2v) is 5.19. The molecule has 136 valence electrons. The average Bonchev–Trinajstić information content (AvgIpc) is 2.63. The van der Waals surface area contributed by atoms with E-state index in [1.165, 1.54) is 0 Å². The fraction of sp³-hybridized carbons (Fsp3) is 0.389. The number of alkyl carbamates (subject to hydrolysis) is 1. The molecule has 0 radical (unpaired) electrons. The number of nitrogens with one attached hydrogen (secondary N) is 2. The van der Waals surface area contributed by atoms with Crippen molar-refractivity contribution in [1.29, 1.82) is 0 Å². The highest BCUT2D eigenvalue weighted by molar-refractivity contribution is 5.95. The number of hydrogen-bond acceptors (Lipinski definition) is 5. The Balaban J connectivity index is 2.46. The number of carbonyl (C=O) groups is 3. The maximum atomic E-state index is 11.9. The van der Waals surface area contributed by atoms with E-state index in [0.717, 1.165) is 5.56 Å². The van der Waals surface area contributed by atoms with E-state index in [9.17, 15) is 14.4 Å². The second kappa shape index (κ2) is 10.9. The van der Waals surface area contributed by atoms with Crippen LogP contribution in [-0.4, -0.2) is 31.1 Å². The van der Waals surface area contributed by atoms with E-state index in [2.05, 4.69) is 10.6 Å². The molecular formula is C18H24N2O5. The summed E-state index contributed by atoms with van der Waals surface area (Å²) >= 11 is 0. The summed E-state index contributed by atoms with van der Waals surface area (Å²) in [5, 5.41) is 4.82. The molecule has 0 aliphatic carbocycles. The van der Waals surface area contributed by atoms with E-state index in [1.807, 2.05) is 37.3 Å². The van der Waals surface area contributed by atoms with Gasteiger partial charge in [-0.1, -0.05) is 37.3 Å². The second-order valence-electron chi connectivity index (χ2n) is 5.19. The van der Waals surface area contributed by atoms with Gasteiger partial charge >= 0.3 is 12.1 Å². The third-order valence-corrected chi connectivity index (χ3v) is 3.31. The lowest BCUT2D eigenvalue weighted by Crippen LogP contribution is -2.39. The summed E-state index contributed by atoms with van der Waals surface area (Å²) in [6, 6.07) is 9.18. The highest BCUT2D eigenvalue weighted by atomic mass is 16.5. The number of amides is 2. The zero-order chi connectivity index (χ0) is 18.7. The van der Waals surface area contributed by atoms with Gasteiger partial charge in [0.1, 0.15) is 18.8 Å². The van der Waals surface area contributed by atoms with Gasteiger partial charge in [-0.2, -0.15) is 0 Å². The van der Waals surface area contributed by atoms with Crippen LogP contribution in [0.25, 0.3) is 0 Å². The molecular weight excluding hydrogens is 324 g/mol. The lowest BCUT2D eigenvalue weighted by atomic mass is 10.2. The van der Waals surface area contributed by atoms with E-state index in [-0.39, 0.29) is 25.5 Å². The van der Waals surface area contributed by atoms with Gasteiger partial charge in [-0.3, -0.25) is 4.79 Å². The normalized spacial score (nSPS) is 11.2. The number of esters is 1. The van der Waals surface area contributed by atoms with Crippen molar-refractivity contribution < 1.29 is 23.9 Å². The third kappa shape index (κ3) is 7.52. The van der Waals surface area contributed by atoms with E-state index < -0.39 is 18.0 Å². The van der Waals surface area contributed by atoms with Gasteiger partial charge in [-0.15, -0.1) is 0 Å². The standard InChI is InChI=1S/C18H24N2O5/c1-4-13(3)16(17(22)24-5-2)20-15(21)11-19-18(23)25-12-14-9-7-6-8-10-14/h6-10H,4-5,11-12H2,1-3H3,(H,19,23)(H,20,21)/b16-13-. The minimum atomic E-state index is -0.715. The first-order valence-corrected chi connectivity index (χ1v) is 8.09. The lowest BCUT2D eigenvalue weighted by Gasteiger charge is -2.12. The van der Waals surface area contributed by atoms with Crippen LogP contribution >= 0.6 is 0 Å². The summed E-state index contributed by atoms with van der Waals surface area (Å²) in [6.45, 7) is 5.28. The van der Waals surface area contributed by atoms with Gasteiger partial charge in [-0.05, 0) is 31.4 Å². The van der Waals surface area contributed by atoms with Gasteiger partial charge in [-0.25, -0.2) is 9.59 Å². The minimum absolute atomic E-state index is 0.105. The lowest BCUT2D eigenvalue weighted by molar-refractivity contribution is -0.140. The van der Waals surface area contributed by atoms with Crippen molar-refractivity contribution in [3.05, 3.63) is 47.2 Å². The van der Waals surface area contributed by atoms with Crippen molar-refractivity contribution in [2.45, 2.75) is 33.8 Å². The summed E-state index contributed by atoms with van der Waals surface area (Å²) in [6.07, 6.45) is -0.131. The molecule has 0 heterocycles. The molecule has 7 heteroatoms. The number of benzene rings is 1. The molecule has 1 aromatic rings. The quantitative estimate of drug-likeness (QED) is 0.555. The summed E-state index contributed by atoms with van der Waals surface area (Å²) in [5.74, 6) is -1.13. The molecule has 0 saturated heterocycles. The van der Waals surface area contributed by atoms with E-state index in [0.29, 0.717) is 12.0 Å². The first-order valence-electron chi connectivity index (χ1n) is 8.09. The zero-order valence-corrected chi connectivity index (χ0v) is 14.8. The summed E-state index contributed by atoms with van der Waals surface area (Å²) in [4.78, 5) is 35.4. The number of carbonyl (C=O) groups excluding carboxylic acids is 3. The third-order valence-electron chi connectivity index (χ3n) is 3.31. The van der Waals surface area contributed by atoms with Crippen LogP contribution in [0.3, 0.4) is 0 Å². The van der Waals surface area contributed by atoms with Crippen LogP contribution < -0.4 is 10.6 Å². The van der Waals surface area contributed by atoms with Crippen LogP contribution in [-0.2, 0) is 25.7 Å². The van der Waals surface area contributed by atoms with E-state index in [4.69, 9.17) is 9.47 Å². The van der Waals surface area contributed by atoms with Crippen molar-refractivity contribution >= 4 is 18.0 Å². The van der Waals surface area contributed by atoms with Crippen LogP contribution in [0.4, 0.5) is 4.79 Å². The number of hydrogen-bond donors (Lipinski definition) is 2. The van der Waals surface area contributed by atoms with Crippen LogP contribution in [0.1, 0.15) is 32.8 Å². The molecule has 0 aliphatic heterocycles. The van der Waals surface area contributed by atoms with Gasteiger partial charge in [0, 0.05) is 0 Å². The molecule has 1 aromatic carbocycles. The summed E-state index contributed by atoms with van der Waals surface area (Å²) in [7, 11) is 0. The predicted octanol–water partition coefficient (Wildman–Crippen LogP) is 2.28. The van der Waals surface area contributed by atoms with Crippen LogP contribution in [0.15, 0.2) is 41.6 Å². The Bertz CT molecular complexity index is 626. The molecule has 0 bridgehead atoms. The largest absolute Gasteiger partial charge is 0.461 e. The topological polar surface area (TPSA) is 93.7 Å². The first kappa shape index (κ1) is 20.2. The Hall–Kier alpha value is -2.83. The summed E-state index contributed by atoms with van der Waals surface area (Å²) < 4.78 is 9.92. The molecule has 1 rings (SSSR count). The Morgan fingerprint density at radius 1 is 1.04 bits per heavy atom. The molecule has 7 nitrogen and oxygen atoms in total. The van der Waals surface area contributed by atoms with E-state index in [1.54, 1.807) is 13.8 Å². The summed E-state index contributed by atoms with van der Waals surface area (Å²) in [5.41, 5.74) is 1.64. The molecule has 0 atom stereocenters. The molecule has 0 spiro atoms. The van der Waals surface area contributed by atoms with Crippen molar-refractivity contribution in [2.75, 3.05) is 13.2 Å². The number of allylic oxidation sites excluding steroid dienone is 1. The minimum Gasteiger partial charge on any atom is -0.461 e. The molecule has 25 heavy (non-hydrogen) atoms. The molecule has 2 N–H and O–H groups in total. The van der Waals surface area contributed by atoms with Gasteiger partial charge in [0.05, 0.1) is 6.61 Å². The zero-order valence-electron chi connectivity index (χ0n) is 14.8. The average molecular weight is 348 g/mol. The van der Waals surface area contributed by atoms with Gasteiger partial charge in [0.15, 0.2) is 0 Å². The Labute approximate surface area is 147 Å². The smallest absolute Gasteiger partial charge is 0.407 e. The van der Waals surface area contributed by atoms with E-state index >= 15 is 0 Å². The van der Waals surface area contributed by atoms with Crippen LogP contribution in [0, 0.1) is 0 Å². The van der Waals surface area contributed by atoms with Crippen molar-refractivity contribution in [3.8, 4) is 0 Å². The first-order chi connectivity index (χ1) is 12.0. The molecule has 0 unspecified atom stereocenters. The highest BCUT2D eigenvalue weighted by Gasteiger charge is 2.17. The molecule has 0 aliphatic rings. The highest BCUT2D eigenvalue weighted by Crippen LogP contribution is 2.07. The van der Waals surface area contributed by atoms with Gasteiger partial charge in [0.25, 0.3) is 0 Å². The molecule has 0 fully saturated rings. The van der Waals surface area contributed by atoms with Crippen LogP contribution in [0.2, 0.25) is 0 Å². The number of rotatable bonds is 8. The fourth-order valence-corrected chi connectivity index (χ4v) is 1.82. The Morgan fingerprint density at radius 2 is 1.72 bits per heavy atom. The maximum Gasteiger partial charge on any atom is 0.407 e. The monoisotopic (exact) mass is 348 g/mol. The predicted molar refractivity (Wildman–Crippen MR) is 92.4 cm³/mol. The fourth-order valence-electron chi connectivity index (χ4n) is 1.82. The van der Waals surface area contributed by atoms with Crippen molar-refractivity contribution in [2.24, 2.45) is 0 Å². The maximum absolute atomic E-state index is 11.9. The van der Waals surface area contributed by atoms with Gasteiger partial charge < -0.3 is 20.1 Å². The van der Waals surface area contributed by atoms with Gasteiger partial charge in [0.2, 0.25) is 5.91 Å². The Morgan fingerprint density at radius 3 is 2.32 bits per heavy atom. The van der Waals surface area contributed by atoms with Crippen molar-refractivity contribution in [3.63, 3.8) is 0 Å². The molecule has 0 aromatic heterocycles. The Kier molecular flexibility index (Phi) is 8.78. The molecule has 0 saturated carbocycles. The SMILES string of the molecule is CCOC(=O)/C(NC(=O)CNC(=O)OCc1ccccc1)=C(\C)CC. The molecule has 2 amide bonds. The van der Waals surface area contributed by atoms with Crippen LogP contribution in [0.5, 0.6) is 0 Å².